The molecule has 2 amide bonds. The first kappa shape index (κ1) is 26.8. The van der Waals surface area contributed by atoms with E-state index in [9.17, 15) is 22.4 Å². The molecule has 206 valence electrons. The van der Waals surface area contributed by atoms with Crippen molar-refractivity contribution in [2.75, 3.05) is 16.9 Å². The summed E-state index contributed by atoms with van der Waals surface area (Å²) in [7, 11) is 1.56. The molecule has 5 rings (SSSR count). The Hall–Kier alpha value is -4.84. The fourth-order valence-electron chi connectivity index (χ4n) is 4.40. The Balaban J connectivity index is 1.47. The highest BCUT2D eigenvalue weighted by molar-refractivity contribution is 6.12. The Morgan fingerprint density at radius 1 is 1.07 bits per heavy atom. The number of halogens is 4. The van der Waals surface area contributed by atoms with Crippen LogP contribution in [-0.4, -0.2) is 19.0 Å². The van der Waals surface area contributed by atoms with E-state index in [1.165, 1.54) is 6.26 Å². The molecule has 1 aliphatic heterocycles. The Morgan fingerprint density at radius 2 is 1.77 bits per heavy atom. The minimum Gasteiger partial charge on any atom is -0.497 e. The first-order chi connectivity index (χ1) is 19.1. The van der Waals surface area contributed by atoms with Crippen molar-refractivity contribution in [2.45, 2.75) is 18.9 Å². The zero-order chi connectivity index (χ0) is 28.6. The first-order valence-corrected chi connectivity index (χ1v) is 11.9. The Morgan fingerprint density at radius 3 is 2.40 bits per heavy atom. The van der Waals surface area contributed by atoms with Gasteiger partial charge in [0.15, 0.2) is 0 Å². The maximum atomic E-state index is 14.5. The van der Waals surface area contributed by atoms with Crippen LogP contribution in [-0.2, 0) is 12.7 Å². The number of amides is 2. The second kappa shape index (κ2) is 10.4. The van der Waals surface area contributed by atoms with Crippen molar-refractivity contribution in [3.05, 3.63) is 107 Å². The number of nitrogens with zero attached hydrogens (tertiary/aromatic N) is 3. The summed E-state index contributed by atoms with van der Waals surface area (Å²) in [6.45, 7) is -0.273. The van der Waals surface area contributed by atoms with Crippen molar-refractivity contribution >= 4 is 29.1 Å². The van der Waals surface area contributed by atoms with E-state index in [0.29, 0.717) is 52.5 Å². The van der Waals surface area contributed by atoms with E-state index >= 15 is 0 Å². The number of hydrogen-bond donors (Lipinski definition) is 2. The predicted molar refractivity (Wildman–Crippen MR) is 141 cm³/mol. The molecule has 40 heavy (non-hydrogen) atoms. The SMILES string of the molecule is COc1ccc(C2=Nc3occc3C(N)N2c2ccc(CN(C(N)=O)c3cc(C(F)(F)F)ccc3F)cc2)cc1. The number of fused-ring (bicyclic) bond motifs is 1. The number of rotatable bonds is 6. The second-order valence-corrected chi connectivity index (χ2v) is 8.91. The molecule has 0 bridgehead atoms. The summed E-state index contributed by atoms with van der Waals surface area (Å²) in [6.07, 6.45) is -3.88. The molecule has 8 nitrogen and oxygen atoms in total. The van der Waals surface area contributed by atoms with Crippen LogP contribution in [0.4, 0.5) is 39.6 Å². The van der Waals surface area contributed by atoms with Gasteiger partial charge in [0.05, 0.1) is 36.7 Å². The van der Waals surface area contributed by atoms with E-state index in [4.69, 9.17) is 20.6 Å². The molecule has 4 N–H and O–H groups in total. The predicted octanol–water partition coefficient (Wildman–Crippen LogP) is 6.09. The third-order valence-electron chi connectivity index (χ3n) is 6.44. The van der Waals surface area contributed by atoms with Gasteiger partial charge in [0, 0.05) is 11.3 Å². The first-order valence-electron chi connectivity index (χ1n) is 11.9. The van der Waals surface area contributed by atoms with Crippen molar-refractivity contribution in [1.82, 2.24) is 0 Å². The fourth-order valence-corrected chi connectivity index (χ4v) is 4.40. The van der Waals surface area contributed by atoms with E-state index in [2.05, 4.69) is 4.99 Å². The van der Waals surface area contributed by atoms with Crippen LogP contribution in [0.5, 0.6) is 5.75 Å². The van der Waals surface area contributed by atoms with E-state index in [1.54, 1.807) is 54.5 Å². The van der Waals surface area contributed by atoms with E-state index in [1.807, 2.05) is 12.1 Å². The van der Waals surface area contributed by atoms with Crippen molar-refractivity contribution < 1.29 is 31.5 Å². The average molecular weight is 554 g/mol. The third kappa shape index (κ3) is 5.08. The number of hydrogen-bond acceptors (Lipinski definition) is 6. The number of amidine groups is 1. The monoisotopic (exact) mass is 553 g/mol. The lowest BCUT2D eigenvalue weighted by atomic mass is 10.1. The highest BCUT2D eigenvalue weighted by Gasteiger charge is 2.33. The number of primary amides is 1. The van der Waals surface area contributed by atoms with Crippen LogP contribution in [0, 0.1) is 5.82 Å². The largest absolute Gasteiger partial charge is 0.497 e. The number of furan rings is 1. The standard InChI is InChI=1S/C28H23F4N5O3/c1-39-20-9-4-17(5-10-20)25-35-26-21(12-13-40-26)24(33)37(25)19-7-2-16(3-8-19)15-36(27(34)38)23-14-18(28(30,31)32)6-11-22(23)29/h2-14,24H,15,33H2,1H3,(H2,34,38). The smallest absolute Gasteiger partial charge is 0.416 e. The molecule has 0 radical (unpaired) electrons. The lowest BCUT2D eigenvalue weighted by Crippen LogP contribution is -2.42. The second-order valence-electron chi connectivity index (χ2n) is 8.91. The lowest BCUT2D eigenvalue weighted by molar-refractivity contribution is -0.137. The number of anilines is 2. The Labute approximate surface area is 226 Å². The number of carbonyl (C=O) groups excluding carboxylic acids is 1. The molecule has 12 heteroatoms. The highest BCUT2D eigenvalue weighted by atomic mass is 19.4. The van der Waals surface area contributed by atoms with Crippen LogP contribution >= 0.6 is 0 Å². The molecule has 1 unspecified atom stereocenters. The summed E-state index contributed by atoms with van der Waals surface area (Å²) in [4.78, 5) is 19.4. The summed E-state index contributed by atoms with van der Waals surface area (Å²) in [5, 5.41) is 0. The summed E-state index contributed by atoms with van der Waals surface area (Å²) in [6, 6.07) is 16.3. The van der Waals surface area contributed by atoms with Crippen LogP contribution in [0.1, 0.15) is 28.4 Å². The van der Waals surface area contributed by atoms with Gasteiger partial charge in [-0.2, -0.15) is 18.2 Å². The zero-order valence-corrected chi connectivity index (χ0v) is 21.0. The number of benzene rings is 3. The minimum atomic E-state index is -4.72. The Kier molecular flexibility index (Phi) is 6.94. The highest BCUT2D eigenvalue weighted by Crippen LogP contribution is 2.38. The van der Waals surface area contributed by atoms with E-state index < -0.39 is 35.4 Å². The molecule has 1 aromatic heterocycles. The molecule has 1 aliphatic rings. The van der Waals surface area contributed by atoms with Crippen LogP contribution in [0.3, 0.4) is 0 Å². The van der Waals surface area contributed by atoms with Gasteiger partial charge in [-0.15, -0.1) is 0 Å². The Bertz CT molecular complexity index is 1570. The van der Waals surface area contributed by atoms with E-state index in [0.717, 1.165) is 10.5 Å². The number of carbonyl (C=O) groups is 1. The van der Waals surface area contributed by atoms with Crippen LogP contribution in [0.2, 0.25) is 0 Å². The molecule has 0 fully saturated rings. The fraction of sp³-hybridized carbons (Fsp3) is 0.143. The average Bonchev–Trinajstić information content (AvgIpc) is 3.41. The molecule has 0 spiro atoms. The quantitative estimate of drug-likeness (QED) is 0.281. The number of alkyl halides is 3. The van der Waals surface area contributed by atoms with Crippen molar-refractivity contribution in [2.24, 2.45) is 16.5 Å². The molecular formula is C28H23F4N5O3. The van der Waals surface area contributed by atoms with Crippen LogP contribution in [0.25, 0.3) is 0 Å². The summed E-state index contributed by atoms with van der Waals surface area (Å²) in [5.74, 6) is 0.538. The van der Waals surface area contributed by atoms with Gasteiger partial charge in [-0.3, -0.25) is 4.90 Å². The molecular weight excluding hydrogens is 530 g/mol. The van der Waals surface area contributed by atoms with Crippen LogP contribution in [0.15, 0.2) is 88.5 Å². The molecule has 0 saturated heterocycles. The minimum absolute atomic E-state index is 0.273. The maximum Gasteiger partial charge on any atom is 0.416 e. The number of ether oxygens (including phenoxy) is 1. The van der Waals surface area contributed by atoms with Crippen molar-refractivity contribution in [1.29, 1.82) is 0 Å². The molecule has 2 heterocycles. The summed E-state index contributed by atoms with van der Waals surface area (Å²) >= 11 is 0. The van der Waals surface area contributed by atoms with Gasteiger partial charge >= 0.3 is 12.2 Å². The molecule has 0 aliphatic carbocycles. The van der Waals surface area contributed by atoms with Gasteiger partial charge in [-0.1, -0.05) is 12.1 Å². The van der Waals surface area contributed by atoms with Gasteiger partial charge < -0.3 is 25.5 Å². The van der Waals surface area contributed by atoms with Crippen LogP contribution < -0.4 is 26.0 Å². The number of aliphatic imine (C=N–C) groups is 1. The number of methoxy groups -OCH3 is 1. The molecule has 0 saturated carbocycles. The number of nitrogens with two attached hydrogens (primary N) is 2. The topological polar surface area (TPSA) is 110 Å². The zero-order valence-electron chi connectivity index (χ0n) is 21.0. The third-order valence-corrected chi connectivity index (χ3v) is 6.44. The lowest BCUT2D eigenvalue weighted by Gasteiger charge is -2.34. The van der Waals surface area contributed by atoms with Gasteiger partial charge in [0.25, 0.3) is 0 Å². The molecule has 1 atom stereocenters. The van der Waals surface area contributed by atoms with Gasteiger partial charge in [-0.25, -0.2) is 9.18 Å². The van der Waals surface area contributed by atoms with Gasteiger partial charge in [0.1, 0.15) is 23.6 Å². The van der Waals surface area contributed by atoms with Crippen molar-refractivity contribution in [3.63, 3.8) is 0 Å². The molecule has 4 aromatic rings. The van der Waals surface area contributed by atoms with Gasteiger partial charge in [0.2, 0.25) is 5.88 Å². The van der Waals surface area contributed by atoms with Crippen molar-refractivity contribution in [3.8, 4) is 5.75 Å². The van der Waals surface area contributed by atoms with Gasteiger partial charge in [-0.05, 0) is 66.2 Å². The molecule has 3 aromatic carbocycles. The normalized spacial score (nSPS) is 14.9. The van der Waals surface area contributed by atoms with E-state index in [-0.39, 0.29) is 6.54 Å². The maximum absolute atomic E-state index is 14.5. The number of urea groups is 1. The summed E-state index contributed by atoms with van der Waals surface area (Å²) < 4.78 is 64.9. The summed E-state index contributed by atoms with van der Waals surface area (Å²) in [5.41, 5.74) is 12.9.